The van der Waals surface area contributed by atoms with Crippen molar-refractivity contribution in [2.45, 2.75) is 18.6 Å². The molecule has 0 aromatic rings. The minimum atomic E-state index is -0.184. The molecule has 0 spiro atoms. The smallest absolute Gasteiger partial charge is 0.0831 e. The van der Waals surface area contributed by atoms with Gasteiger partial charge in [-0.1, -0.05) is 0 Å². The van der Waals surface area contributed by atoms with E-state index < -0.39 is 0 Å². The summed E-state index contributed by atoms with van der Waals surface area (Å²) in [6.07, 6.45) is 1.02. The first kappa shape index (κ1) is 10.4. The number of hydrogen-bond donors (Lipinski definition) is 2. The first-order valence-electron chi connectivity index (χ1n) is 5.43. The lowest BCUT2D eigenvalue weighted by atomic mass is 10.1. The molecule has 82 valence electrons. The summed E-state index contributed by atoms with van der Waals surface area (Å²) in [6.45, 7) is 4.72. The second kappa shape index (κ2) is 4.57. The molecule has 4 heteroatoms. The molecule has 2 aliphatic heterocycles. The molecule has 2 fully saturated rings. The van der Waals surface area contributed by atoms with Crippen LogP contribution in [0.15, 0.2) is 0 Å². The van der Waals surface area contributed by atoms with E-state index in [9.17, 15) is 5.11 Å². The van der Waals surface area contributed by atoms with Crippen molar-refractivity contribution in [3.05, 3.63) is 0 Å². The van der Waals surface area contributed by atoms with Gasteiger partial charge in [0.15, 0.2) is 0 Å². The van der Waals surface area contributed by atoms with Crippen LogP contribution in [0.4, 0.5) is 0 Å². The van der Waals surface area contributed by atoms with Crippen LogP contribution in [-0.2, 0) is 4.74 Å². The molecule has 2 rings (SSSR count). The molecule has 0 bridgehead atoms. The van der Waals surface area contributed by atoms with Crippen molar-refractivity contribution in [3.63, 3.8) is 0 Å². The average molecular weight is 200 g/mol. The molecule has 2 N–H and O–H groups in total. The van der Waals surface area contributed by atoms with E-state index in [0.29, 0.717) is 12.0 Å². The first-order valence-corrected chi connectivity index (χ1v) is 5.43. The summed E-state index contributed by atoms with van der Waals surface area (Å²) in [4.78, 5) is 2.40. The maximum Gasteiger partial charge on any atom is 0.0831 e. The highest BCUT2D eigenvalue weighted by atomic mass is 16.5. The standard InChI is InChI=1S/C10H20N2O2/c1-14-7-8-2-3-12(6-8)9-4-11-5-10(9)13/h8-11,13H,2-7H2,1H3/t8?,9-,10-/m1/s1. The molecule has 4 nitrogen and oxygen atoms in total. The third-order valence-corrected chi connectivity index (χ3v) is 3.34. The zero-order chi connectivity index (χ0) is 9.97. The van der Waals surface area contributed by atoms with Gasteiger partial charge in [0.1, 0.15) is 0 Å². The van der Waals surface area contributed by atoms with E-state index in [2.05, 4.69) is 10.2 Å². The Bertz CT molecular complexity index is 189. The van der Waals surface area contributed by atoms with Crippen LogP contribution in [0.2, 0.25) is 0 Å². The van der Waals surface area contributed by atoms with Crippen molar-refractivity contribution in [2.24, 2.45) is 5.92 Å². The van der Waals surface area contributed by atoms with Gasteiger partial charge in [-0.25, -0.2) is 0 Å². The van der Waals surface area contributed by atoms with Crippen molar-refractivity contribution < 1.29 is 9.84 Å². The van der Waals surface area contributed by atoms with E-state index in [1.54, 1.807) is 7.11 Å². The van der Waals surface area contributed by atoms with Crippen LogP contribution in [0.25, 0.3) is 0 Å². The largest absolute Gasteiger partial charge is 0.390 e. The minimum absolute atomic E-state index is 0.184. The van der Waals surface area contributed by atoms with Gasteiger partial charge in [0.05, 0.1) is 12.7 Å². The number of β-amino-alcohol motifs (C(OH)–C–C–N with tert-alkyl or cyclic N) is 1. The maximum atomic E-state index is 9.73. The van der Waals surface area contributed by atoms with Crippen molar-refractivity contribution in [1.29, 1.82) is 0 Å². The van der Waals surface area contributed by atoms with Crippen LogP contribution in [0.3, 0.4) is 0 Å². The van der Waals surface area contributed by atoms with Gasteiger partial charge >= 0.3 is 0 Å². The molecule has 2 saturated heterocycles. The summed E-state index contributed by atoms with van der Waals surface area (Å²) in [7, 11) is 1.76. The van der Waals surface area contributed by atoms with Crippen LogP contribution in [0.1, 0.15) is 6.42 Å². The van der Waals surface area contributed by atoms with E-state index in [1.165, 1.54) is 6.42 Å². The summed E-state index contributed by atoms with van der Waals surface area (Å²) < 4.78 is 5.16. The lowest BCUT2D eigenvalue weighted by Crippen LogP contribution is -2.41. The van der Waals surface area contributed by atoms with Crippen molar-refractivity contribution >= 4 is 0 Å². The number of likely N-dealkylation sites (tertiary alicyclic amines) is 1. The normalized spacial score (nSPS) is 39.4. The van der Waals surface area contributed by atoms with E-state index in [0.717, 1.165) is 32.8 Å². The van der Waals surface area contributed by atoms with Crippen molar-refractivity contribution in [3.8, 4) is 0 Å². The van der Waals surface area contributed by atoms with Crippen LogP contribution in [-0.4, -0.2) is 62.0 Å². The fourth-order valence-corrected chi connectivity index (χ4v) is 2.56. The lowest BCUT2D eigenvalue weighted by Gasteiger charge is -2.25. The Morgan fingerprint density at radius 2 is 2.36 bits per heavy atom. The van der Waals surface area contributed by atoms with Crippen LogP contribution < -0.4 is 5.32 Å². The van der Waals surface area contributed by atoms with Gasteiger partial charge in [0.2, 0.25) is 0 Å². The minimum Gasteiger partial charge on any atom is -0.390 e. The molecular weight excluding hydrogens is 180 g/mol. The van der Waals surface area contributed by atoms with Gasteiger partial charge in [-0.05, 0) is 18.9 Å². The van der Waals surface area contributed by atoms with E-state index >= 15 is 0 Å². The monoisotopic (exact) mass is 200 g/mol. The highest BCUT2D eigenvalue weighted by Crippen LogP contribution is 2.21. The summed E-state index contributed by atoms with van der Waals surface area (Å²) in [5.41, 5.74) is 0. The third kappa shape index (κ3) is 2.08. The molecule has 0 aliphatic carbocycles. The molecule has 14 heavy (non-hydrogen) atoms. The van der Waals surface area contributed by atoms with Gasteiger partial charge in [-0.15, -0.1) is 0 Å². The molecule has 2 heterocycles. The first-order chi connectivity index (χ1) is 6.81. The molecule has 0 saturated carbocycles. The number of hydrogen-bond acceptors (Lipinski definition) is 4. The zero-order valence-corrected chi connectivity index (χ0v) is 8.78. The van der Waals surface area contributed by atoms with Crippen molar-refractivity contribution in [2.75, 3.05) is 39.9 Å². The van der Waals surface area contributed by atoms with Gasteiger partial charge in [0.25, 0.3) is 0 Å². The number of methoxy groups -OCH3 is 1. The van der Waals surface area contributed by atoms with Crippen LogP contribution in [0.5, 0.6) is 0 Å². The van der Waals surface area contributed by atoms with E-state index in [-0.39, 0.29) is 6.10 Å². The molecule has 0 aromatic carbocycles. The SMILES string of the molecule is COCC1CCN([C@@H]2CNC[C@H]2O)C1. The number of aliphatic hydroxyl groups is 1. The Hall–Kier alpha value is -0.160. The van der Waals surface area contributed by atoms with Gasteiger partial charge in [0, 0.05) is 32.8 Å². The highest BCUT2D eigenvalue weighted by molar-refractivity contribution is 4.91. The Morgan fingerprint density at radius 3 is 3.00 bits per heavy atom. The predicted molar refractivity (Wildman–Crippen MR) is 54.2 cm³/mol. The lowest BCUT2D eigenvalue weighted by molar-refractivity contribution is 0.0899. The quantitative estimate of drug-likeness (QED) is 0.631. The molecule has 0 amide bonds. The highest BCUT2D eigenvalue weighted by Gasteiger charge is 2.34. The molecule has 0 radical (unpaired) electrons. The average Bonchev–Trinajstić information content (AvgIpc) is 2.74. The van der Waals surface area contributed by atoms with Gasteiger partial charge in [-0.2, -0.15) is 0 Å². The van der Waals surface area contributed by atoms with Gasteiger partial charge < -0.3 is 15.2 Å². The van der Waals surface area contributed by atoms with E-state index in [4.69, 9.17) is 4.74 Å². The molecule has 3 atom stereocenters. The summed E-state index contributed by atoms with van der Waals surface area (Å²) in [5, 5.41) is 13.0. The number of nitrogens with zero attached hydrogens (tertiary/aromatic N) is 1. The van der Waals surface area contributed by atoms with Gasteiger partial charge in [-0.3, -0.25) is 4.90 Å². The number of rotatable bonds is 3. The van der Waals surface area contributed by atoms with Crippen LogP contribution >= 0.6 is 0 Å². The Labute approximate surface area is 85.2 Å². The Balaban J connectivity index is 1.82. The molecule has 0 aromatic heterocycles. The number of nitrogens with one attached hydrogen (secondary N) is 1. The fraction of sp³-hybridized carbons (Fsp3) is 1.00. The third-order valence-electron chi connectivity index (χ3n) is 3.34. The summed E-state index contributed by atoms with van der Waals surface area (Å²) >= 11 is 0. The Kier molecular flexibility index (Phi) is 3.38. The predicted octanol–water partition coefficient (Wildman–Crippen LogP) is -0.713. The number of aliphatic hydroxyl groups excluding tert-OH is 1. The number of ether oxygens (including phenoxy) is 1. The summed E-state index contributed by atoms with van der Waals surface area (Å²) in [5.74, 6) is 0.660. The van der Waals surface area contributed by atoms with E-state index in [1.807, 2.05) is 0 Å². The topological polar surface area (TPSA) is 44.7 Å². The molecule has 1 unspecified atom stereocenters. The fourth-order valence-electron chi connectivity index (χ4n) is 2.56. The second-order valence-electron chi connectivity index (χ2n) is 4.40. The molecule has 2 aliphatic rings. The van der Waals surface area contributed by atoms with Crippen LogP contribution in [0, 0.1) is 5.92 Å². The summed E-state index contributed by atoms with van der Waals surface area (Å²) in [6, 6.07) is 0.330. The van der Waals surface area contributed by atoms with Crippen molar-refractivity contribution in [1.82, 2.24) is 10.2 Å². The Morgan fingerprint density at radius 1 is 1.50 bits per heavy atom. The second-order valence-corrected chi connectivity index (χ2v) is 4.40. The maximum absolute atomic E-state index is 9.73. The molecular formula is C10H20N2O2. The zero-order valence-electron chi connectivity index (χ0n) is 8.78.